The highest BCUT2D eigenvalue weighted by molar-refractivity contribution is 5.85. The number of halogens is 3. The molecule has 0 radical (unpaired) electrons. The number of alkyl halides is 3. The van der Waals surface area contributed by atoms with Crippen LogP contribution in [-0.2, 0) is 12.7 Å². The first kappa shape index (κ1) is 16.0. The quantitative estimate of drug-likeness (QED) is 0.775. The zero-order valence-corrected chi connectivity index (χ0v) is 13.3. The highest BCUT2D eigenvalue weighted by atomic mass is 19.4. The second-order valence-electron chi connectivity index (χ2n) is 6.10. The molecule has 0 atom stereocenters. The minimum absolute atomic E-state index is 0.243. The monoisotopic (exact) mass is 347 g/mol. The van der Waals surface area contributed by atoms with Gasteiger partial charge in [0, 0.05) is 18.0 Å². The van der Waals surface area contributed by atoms with Gasteiger partial charge in [-0.2, -0.15) is 18.3 Å². The van der Waals surface area contributed by atoms with Crippen LogP contribution in [0.4, 0.5) is 13.2 Å². The molecule has 1 aliphatic rings. The molecule has 0 aliphatic heterocycles. The third kappa shape index (κ3) is 3.07. The Balaban J connectivity index is 1.79. The Morgan fingerprint density at radius 1 is 1.12 bits per heavy atom. The Hall–Kier alpha value is -2.54. The molecule has 0 saturated heterocycles. The maximum atomic E-state index is 12.8. The third-order valence-electron chi connectivity index (χ3n) is 4.19. The fraction of sp³-hybridized carbons (Fsp3) is 0.278. The molecule has 0 amide bonds. The summed E-state index contributed by atoms with van der Waals surface area (Å²) in [6.45, 7) is 0.243. The molecule has 1 aromatic heterocycles. The molecular formula is C18H16F3N3O. The molecule has 1 fully saturated rings. The SMILES string of the molecule is NCc1nn(-c2ccc(C(F)(F)F)cc2)c2cc(OC3CC3)ccc12. The lowest BCUT2D eigenvalue weighted by molar-refractivity contribution is -0.137. The van der Waals surface area contributed by atoms with E-state index in [1.54, 1.807) is 4.68 Å². The highest BCUT2D eigenvalue weighted by Crippen LogP contribution is 2.32. The van der Waals surface area contributed by atoms with Crippen molar-refractivity contribution >= 4 is 10.9 Å². The number of nitrogens with two attached hydrogens (primary N) is 1. The maximum Gasteiger partial charge on any atom is 0.416 e. The van der Waals surface area contributed by atoms with E-state index in [2.05, 4.69) is 5.10 Å². The second-order valence-corrected chi connectivity index (χ2v) is 6.10. The number of ether oxygens (including phenoxy) is 1. The summed E-state index contributed by atoms with van der Waals surface area (Å²) in [4.78, 5) is 0. The molecule has 4 rings (SSSR count). The van der Waals surface area contributed by atoms with Crippen LogP contribution in [0.2, 0.25) is 0 Å². The Morgan fingerprint density at radius 3 is 2.44 bits per heavy atom. The zero-order valence-electron chi connectivity index (χ0n) is 13.3. The number of aromatic nitrogens is 2. The zero-order chi connectivity index (χ0) is 17.6. The lowest BCUT2D eigenvalue weighted by Gasteiger charge is -2.09. The summed E-state index contributed by atoms with van der Waals surface area (Å²) >= 11 is 0. The van der Waals surface area contributed by atoms with Gasteiger partial charge in [0.05, 0.1) is 28.6 Å². The van der Waals surface area contributed by atoms with E-state index < -0.39 is 11.7 Å². The molecule has 1 aliphatic carbocycles. The van der Waals surface area contributed by atoms with Gasteiger partial charge in [-0.15, -0.1) is 0 Å². The van der Waals surface area contributed by atoms with Crippen LogP contribution in [-0.4, -0.2) is 15.9 Å². The first-order valence-electron chi connectivity index (χ1n) is 8.02. The van der Waals surface area contributed by atoms with Gasteiger partial charge < -0.3 is 10.5 Å². The predicted molar refractivity (Wildman–Crippen MR) is 87.6 cm³/mol. The molecule has 2 N–H and O–H groups in total. The highest BCUT2D eigenvalue weighted by Gasteiger charge is 2.30. The molecule has 4 nitrogen and oxygen atoms in total. The molecule has 3 aromatic rings. The molecule has 1 saturated carbocycles. The van der Waals surface area contributed by atoms with Crippen molar-refractivity contribution in [3.05, 3.63) is 53.7 Å². The van der Waals surface area contributed by atoms with Crippen LogP contribution in [0.15, 0.2) is 42.5 Å². The Kier molecular flexibility index (Phi) is 3.68. The number of hydrogen-bond acceptors (Lipinski definition) is 3. The van der Waals surface area contributed by atoms with Crippen molar-refractivity contribution in [2.24, 2.45) is 5.73 Å². The molecule has 0 spiro atoms. The van der Waals surface area contributed by atoms with E-state index in [0.717, 1.165) is 41.6 Å². The van der Waals surface area contributed by atoms with Crippen LogP contribution in [0.1, 0.15) is 24.1 Å². The Labute approximate surface area is 142 Å². The summed E-state index contributed by atoms with van der Waals surface area (Å²) in [6.07, 6.45) is -2.01. The van der Waals surface area contributed by atoms with Crippen LogP contribution in [0.3, 0.4) is 0 Å². The van der Waals surface area contributed by atoms with Crippen LogP contribution in [0.25, 0.3) is 16.6 Å². The van der Waals surface area contributed by atoms with E-state index in [4.69, 9.17) is 10.5 Å². The summed E-state index contributed by atoms with van der Waals surface area (Å²) in [5.41, 5.74) is 7.06. The minimum Gasteiger partial charge on any atom is -0.490 e. The molecule has 7 heteroatoms. The van der Waals surface area contributed by atoms with Crippen molar-refractivity contribution in [3.8, 4) is 11.4 Å². The van der Waals surface area contributed by atoms with Crippen molar-refractivity contribution < 1.29 is 17.9 Å². The van der Waals surface area contributed by atoms with Crippen molar-refractivity contribution in [3.63, 3.8) is 0 Å². The van der Waals surface area contributed by atoms with Crippen LogP contribution in [0.5, 0.6) is 5.75 Å². The average Bonchev–Trinajstić information content (AvgIpc) is 3.32. The summed E-state index contributed by atoms with van der Waals surface area (Å²) in [7, 11) is 0. The fourth-order valence-corrected chi connectivity index (χ4v) is 2.75. The lowest BCUT2D eigenvalue weighted by atomic mass is 10.2. The van der Waals surface area contributed by atoms with E-state index in [1.165, 1.54) is 12.1 Å². The van der Waals surface area contributed by atoms with Gasteiger partial charge in [-0.1, -0.05) is 0 Å². The first-order chi connectivity index (χ1) is 12.0. The van der Waals surface area contributed by atoms with Crippen LogP contribution < -0.4 is 10.5 Å². The van der Waals surface area contributed by atoms with Gasteiger partial charge in [0.25, 0.3) is 0 Å². The molecular weight excluding hydrogens is 331 g/mol. The molecule has 2 aromatic carbocycles. The summed E-state index contributed by atoms with van der Waals surface area (Å²) in [5.74, 6) is 0.728. The van der Waals surface area contributed by atoms with E-state index in [9.17, 15) is 13.2 Å². The van der Waals surface area contributed by atoms with Gasteiger partial charge in [-0.3, -0.25) is 0 Å². The Morgan fingerprint density at radius 2 is 1.84 bits per heavy atom. The normalized spacial score (nSPS) is 14.9. The smallest absolute Gasteiger partial charge is 0.416 e. The van der Waals surface area contributed by atoms with Gasteiger partial charge in [-0.05, 0) is 49.2 Å². The molecule has 130 valence electrons. The van der Waals surface area contributed by atoms with E-state index >= 15 is 0 Å². The fourth-order valence-electron chi connectivity index (χ4n) is 2.75. The molecule has 0 unspecified atom stereocenters. The molecule has 1 heterocycles. The second kappa shape index (κ2) is 5.77. The van der Waals surface area contributed by atoms with Gasteiger partial charge in [0.2, 0.25) is 0 Å². The Bertz CT molecular complexity index is 912. The number of benzene rings is 2. The van der Waals surface area contributed by atoms with Crippen molar-refractivity contribution in [2.75, 3.05) is 0 Å². The van der Waals surface area contributed by atoms with Crippen LogP contribution >= 0.6 is 0 Å². The molecule has 25 heavy (non-hydrogen) atoms. The van der Waals surface area contributed by atoms with Crippen molar-refractivity contribution in [2.45, 2.75) is 31.7 Å². The summed E-state index contributed by atoms with van der Waals surface area (Å²) in [6, 6.07) is 10.5. The number of nitrogens with zero attached hydrogens (tertiary/aromatic N) is 2. The third-order valence-corrected chi connectivity index (χ3v) is 4.19. The van der Waals surface area contributed by atoms with Gasteiger partial charge >= 0.3 is 6.18 Å². The van der Waals surface area contributed by atoms with Gasteiger partial charge in [0.1, 0.15) is 5.75 Å². The van der Waals surface area contributed by atoms with Gasteiger partial charge in [0.15, 0.2) is 0 Å². The van der Waals surface area contributed by atoms with E-state index in [1.807, 2.05) is 18.2 Å². The minimum atomic E-state index is -4.36. The summed E-state index contributed by atoms with van der Waals surface area (Å²) in [5, 5.41) is 5.33. The number of hydrogen-bond donors (Lipinski definition) is 1. The van der Waals surface area contributed by atoms with Crippen molar-refractivity contribution in [1.82, 2.24) is 9.78 Å². The number of rotatable bonds is 4. The summed E-state index contributed by atoms with van der Waals surface area (Å²) < 4.78 is 45.7. The van der Waals surface area contributed by atoms with E-state index in [-0.39, 0.29) is 12.6 Å². The van der Waals surface area contributed by atoms with Crippen LogP contribution in [0, 0.1) is 0 Å². The standard InChI is InChI=1S/C18H16F3N3O/c19-18(20,21)11-1-3-12(4-2-11)24-17-9-14(25-13-5-6-13)7-8-15(17)16(10-22)23-24/h1-4,7-9,13H,5-6,10,22H2. The van der Waals surface area contributed by atoms with Gasteiger partial charge in [-0.25, -0.2) is 4.68 Å². The van der Waals surface area contributed by atoms with E-state index in [0.29, 0.717) is 11.4 Å². The number of fused-ring (bicyclic) bond motifs is 1. The first-order valence-corrected chi connectivity index (χ1v) is 8.02. The predicted octanol–water partition coefficient (Wildman–Crippen LogP) is 4.04. The average molecular weight is 347 g/mol. The van der Waals surface area contributed by atoms with Crippen molar-refractivity contribution in [1.29, 1.82) is 0 Å². The topological polar surface area (TPSA) is 53.1 Å². The largest absolute Gasteiger partial charge is 0.490 e. The lowest BCUT2D eigenvalue weighted by Crippen LogP contribution is -2.05. The molecule has 0 bridgehead atoms. The maximum absolute atomic E-state index is 12.8.